The molecule has 1 atom stereocenters. The predicted octanol–water partition coefficient (Wildman–Crippen LogP) is 6.42. The fourth-order valence-electron chi connectivity index (χ4n) is 3.18. The molecule has 0 spiro atoms. The van der Waals surface area contributed by atoms with Crippen molar-refractivity contribution >= 4 is 17.9 Å². The number of unbranched alkanes of at least 4 members (excludes halogenated alkanes) is 1. The molecule has 154 valence electrons. The van der Waals surface area contributed by atoms with Gasteiger partial charge >= 0.3 is 0 Å². The van der Waals surface area contributed by atoms with Crippen LogP contribution >= 0.6 is 0 Å². The van der Waals surface area contributed by atoms with Crippen LogP contribution in [0.2, 0.25) is 18.1 Å². The van der Waals surface area contributed by atoms with Gasteiger partial charge in [0.1, 0.15) is 14.2 Å². The minimum absolute atomic E-state index is 0.0289. The molecule has 1 unspecified atom stereocenters. The first-order valence-electron chi connectivity index (χ1n) is 9.92. The van der Waals surface area contributed by atoms with Crippen LogP contribution in [-0.2, 0) is 14.6 Å². The fraction of sp³-hybridized carbons (Fsp3) is 0.478. The van der Waals surface area contributed by atoms with Crippen molar-refractivity contribution in [3.05, 3.63) is 65.4 Å². The van der Waals surface area contributed by atoms with Gasteiger partial charge in [0, 0.05) is 6.42 Å². The third kappa shape index (κ3) is 4.52. The maximum atomic E-state index is 13.5. The molecule has 1 aliphatic heterocycles. The number of hydrogen-bond donors (Lipinski definition) is 0. The third-order valence-corrected chi connectivity index (χ3v) is 13.4. The zero-order valence-electron chi connectivity index (χ0n) is 17.9. The molecule has 0 fully saturated rings. The van der Waals surface area contributed by atoms with Crippen LogP contribution in [-0.4, -0.2) is 22.6 Å². The van der Waals surface area contributed by atoms with Crippen molar-refractivity contribution in [1.82, 2.24) is 0 Å². The summed E-state index contributed by atoms with van der Waals surface area (Å²) in [5, 5.41) is 0.692. The highest BCUT2D eigenvalue weighted by Crippen LogP contribution is 2.48. The lowest BCUT2D eigenvalue weighted by atomic mass is 10.0. The Labute approximate surface area is 172 Å². The summed E-state index contributed by atoms with van der Waals surface area (Å²) in [7, 11) is -5.77. The number of sulfone groups is 1. The van der Waals surface area contributed by atoms with Crippen LogP contribution in [0.25, 0.3) is 0 Å². The first kappa shape index (κ1) is 22.7. The highest BCUT2D eigenvalue weighted by Gasteiger charge is 2.48. The molecule has 1 aromatic carbocycles. The number of rotatable bonds is 8. The van der Waals surface area contributed by atoms with E-state index in [0.717, 1.165) is 30.2 Å². The Hall–Kier alpha value is -1.59. The second-order valence-electron chi connectivity index (χ2n) is 9.09. The predicted molar refractivity (Wildman–Crippen MR) is 121 cm³/mol. The molecule has 1 heterocycles. The van der Waals surface area contributed by atoms with E-state index in [1.807, 2.05) is 12.1 Å². The van der Waals surface area contributed by atoms with E-state index >= 15 is 0 Å². The van der Waals surface area contributed by atoms with Gasteiger partial charge in [-0.1, -0.05) is 64.7 Å². The fourth-order valence-corrected chi connectivity index (χ4v) is 7.73. The Morgan fingerprint density at radius 2 is 1.86 bits per heavy atom. The first-order chi connectivity index (χ1) is 12.9. The second kappa shape index (κ2) is 8.42. The van der Waals surface area contributed by atoms with E-state index in [9.17, 15) is 8.42 Å². The van der Waals surface area contributed by atoms with Crippen molar-refractivity contribution in [3.8, 4) is 0 Å². The van der Waals surface area contributed by atoms with Gasteiger partial charge in [-0.15, -0.1) is 6.58 Å². The molecule has 0 aromatic heterocycles. The molecule has 1 aliphatic rings. The standard InChI is InChI=1S/C23H34O3SSi/c1-8-9-11-14-18(2)20-17-21(22(26-20)28(6,7)23(3,4)5)27(24,25)19-15-12-10-13-16-19/h8,10,12-13,15-16,20H,1-2,9,11,14,17H2,3-7H3. The average molecular weight is 419 g/mol. The second-order valence-corrected chi connectivity index (χ2v) is 16.3. The summed E-state index contributed by atoms with van der Waals surface area (Å²) in [5.74, 6) is 0. The van der Waals surface area contributed by atoms with E-state index < -0.39 is 17.9 Å². The van der Waals surface area contributed by atoms with Crippen molar-refractivity contribution in [1.29, 1.82) is 0 Å². The largest absolute Gasteiger partial charge is 0.494 e. The summed E-state index contributed by atoms with van der Waals surface area (Å²) >= 11 is 0. The van der Waals surface area contributed by atoms with Gasteiger partial charge < -0.3 is 4.74 Å². The molecular weight excluding hydrogens is 384 g/mol. The van der Waals surface area contributed by atoms with Crippen LogP contribution < -0.4 is 0 Å². The van der Waals surface area contributed by atoms with Crippen molar-refractivity contribution in [2.75, 3.05) is 0 Å². The zero-order valence-corrected chi connectivity index (χ0v) is 19.7. The van der Waals surface area contributed by atoms with Crippen LogP contribution in [0.1, 0.15) is 46.5 Å². The summed E-state index contributed by atoms with van der Waals surface area (Å²) in [6, 6.07) is 8.69. The molecule has 0 aliphatic carbocycles. The average Bonchev–Trinajstić information content (AvgIpc) is 3.09. The molecule has 0 N–H and O–H groups in total. The lowest BCUT2D eigenvalue weighted by Gasteiger charge is -2.38. The van der Waals surface area contributed by atoms with Gasteiger partial charge in [-0.25, -0.2) is 8.42 Å². The van der Waals surface area contributed by atoms with Gasteiger partial charge in [0.25, 0.3) is 0 Å². The topological polar surface area (TPSA) is 43.4 Å². The van der Waals surface area contributed by atoms with E-state index in [1.165, 1.54) is 0 Å². The van der Waals surface area contributed by atoms with Crippen LogP contribution in [0.3, 0.4) is 0 Å². The molecule has 1 aromatic rings. The minimum Gasteiger partial charge on any atom is -0.494 e. The van der Waals surface area contributed by atoms with E-state index in [0.29, 0.717) is 16.2 Å². The van der Waals surface area contributed by atoms with Gasteiger partial charge in [-0.05, 0) is 42.0 Å². The molecule has 5 heteroatoms. The van der Waals surface area contributed by atoms with Crippen LogP contribution in [0.4, 0.5) is 0 Å². The van der Waals surface area contributed by atoms with E-state index in [4.69, 9.17) is 4.74 Å². The zero-order chi connectivity index (χ0) is 21.2. The van der Waals surface area contributed by atoms with Gasteiger partial charge in [0.05, 0.1) is 15.2 Å². The van der Waals surface area contributed by atoms with Crippen LogP contribution in [0.5, 0.6) is 0 Å². The van der Waals surface area contributed by atoms with Crippen molar-refractivity contribution in [2.24, 2.45) is 0 Å². The minimum atomic E-state index is -3.59. The summed E-state index contributed by atoms with van der Waals surface area (Å²) in [5.41, 5.74) is 0.969. The summed E-state index contributed by atoms with van der Waals surface area (Å²) in [6.45, 7) is 18.9. The van der Waals surface area contributed by atoms with Crippen molar-refractivity contribution in [3.63, 3.8) is 0 Å². The number of allylic oxidation sites excluding steroid dienone is 1. The molecule has 0 saturated carbocycles. The van der Waals surface area contributed by atoms with E-state index in [-0.39, 0.29) is 11.1 Å². The van der Waals surface area contributed by atoms with Crippen molar-refractivity contribution < 1.29 is 13.2 Å². The first-order valence-corrected chi connectivity index (χ1v) is 14.4. The van der Waals surface area contributed by atoms with Gasteiger partial charge in [0.2, 0.25) is 9.84 Å². The summed E-state index contributed by atoms with van der Waals surface area (Å²) in [6.07, 6.45) is 4.71. The number of ether oxygens (including phenoxy) is 1. The molecule has 0 saturated heterocycles. The Morgan fingerprint density at radius 1 is 1.25 bits per heavy atom. The molecular formula is C23H34O3SSi. The summed E-state index contributed by atoms with van der Waals surface area (Å²) in [4.78, 5) is 0.794. The monoisotopic (exact) mass is 418 g/mol. The van der Waals surface area contributed by atoms with Gasteiger partial charge in [0.15, 0.2) is 0 Å². The third-order valence-electron chi connectivity index (χ3n) is 6.07. The molecule has 0 radical (unpaired) electrons. The maximum Gasteiger partial charge on any atom is 0.205 e. The maximum absolute atomic E-state index is 13.5. The number of hydrogen-bond acceptors (Lipinski definition) is 3. The smallest absolute Gasteiger partial charge is 0.205 e. The lowest BCUT2D eigenvalue weighted by Crippen LogP contribution is -2.41. The summed E-state index contributed by atoms with van der Waals surface area (Å²) < 4.78 is 33.4. The highest BCUT2D eigenvalue weighted by atomic mass is 32.2. The Bertz CT molecular complexity index is 859. The van der Waals surface area contributed by atoms with E-state index in [2.05, 4.69) is 47.0 Å². The molecule has 0 bridgehead atoms. The van der Waals surface area contributed by atoms with Crippen LogP contribution in [0, 0.1) is 0 Å². The van der Waals surface area contributed by atoms with E-state index in [1.54, 1.807) is 24.3 Å². The Morgan fingerprint density at radius 3 is 2.39 bits per heavy atom. The quantitative estimate of drug-likeness (QED) is 0.278. The van der Waals surface area contributed by atoms with Crippen molar-refractivity contribution in [2.45, 2.75) is 75.6 Å². The lowest BCUT2D eigenvalue weighted by molar-refractivity contribution is 0.184. The normalized spacial score (nSPS) is 18.1. The molecule has 2 rings (SSSR count). The molecule has 28 heavy (non-hydrogen) atoms. The van der Waals surface area contributed by atoms with Gasteiger partial charge in [-0.2, -0.15) is 0 Å². The molecule has 0 amide bonds. The molecule has 3 nitrogen and oxygen atoms in total. The Balaban J connectivity index is 2.47. The van der Waals surface area contributed by atoms with Gasteiger partial charge in [-0.3, -0.25) is 0 Å². The highest BCUT2D eigenvalue weighted by molar-refractivity contribution is 7.95. The Kier molecular flexibility index (Phi) is 6.82. The van der Waals surface area contributed by atoms with Crippen LogP contribution in [0.15, 0.2) is 70.3 Å². The SMILES string of the molecule is C=CCCCC(=C)C1CC(S(=O)(=O)c2ccccc2)=C([Si](C)(C)C(C)(C)C)O1. The number of benzene rings is 1.